The number of hydrogen-bond acceptors (Lipinski definition) is 4. The van der Waals surface area contributed by atoms with Crippen molar-refractivity contribution >= 4 is 50.8 Å². The quantitative estimate of drug-likeness (QED) is 0.589. The lowest BCUT2D eigenvalue weighted by atomic mass is 10.1. The Bertz CT molecular complexity index is 841. The molecule has 2 aromatic carbocycles. The van der Waals surface area contributed by atoms with E-state index in [4.69, 9.17) is 17.0 Å². The number of ether oxygens (including phenoxy) is 1. The summed E-state index contributed by atoms with van der Waals surface area (Å²) >= 11 is 8.57. The van der Waals surface area contributed by atoms with E-state index in [-0.39, 0.29) is 16.9 Å². The maximum atomic E-state index is 12.3. The zero-order valence-electron chi connectivity index (χ0n) is 15.0. The van der Waals surface area contributed by atoms with Gasteiger partial charge in [0.05, 0.1) is 17.5 Å². The fourth-order valence-electron chi connectivity index (χ4n) is 2.23. The van der Waals surface area contributed by atoms with Crippen molar-refractivity contribution in [3.63, 3.8) is 0 Å². The number of carbonyl (C=O) groups is 2. The van der Waals surface area contributed by atoms with E-state index in [0.717, 1.165) is 5.56 Å². The van der Waals surface area contributed by atoms with Crippen molar-refractivity contribution in [3.8, 4) is 5.75 Å². The first-order valence-corrected chi connectivity index (χ1v) is 9.47. The van der Waals surface area contributed by atoms with Gasteiger partial charge in [0.1, 0.15) is 5.75 Å². The summed E-state index contributed by atoms with van der Waals surface area (Å²) in [6, 6.07) is 12.3. The van der Waals surface area contributed by atoms with E-state index in [1.54, 1.807) is 37.4 Å². The highest BCUT2D eigenvalue weighted by Gasteiger charge is 2.11. The minimum Gasteiger partial charge on any atom is -0.493 e. The number of hydrogen-bond donors (Lipinski definition) is 3. The predicted octanol–water partition coefficient (Wildman–Crippen LogP) is 3.26. The molecule has 3 N–H and O–H groups in total. The van der Waals surface area contributed by atoms with Gasteiger partial charge in [-0.1, -0.05) is 12.1 Å². The van der Waals surface area contributed by atoms with Crippen LogP contribution in [0.3, 0.4) is 0 Å². The summed E-state index contributed by atoms with van der Waals surface area (Å²) in [5.74, 6) is 0.291. The summed E-state index contributed by atoms with van der Waals surface area (Å²) in [7, 11) is 1.60. The molecule has 0 spiro atoms. The zero-order chi connectivity index (χ0) is 19.8. The summed E-state index contributed by atoms with van der Waals surface area (Å²) < 4.78 is 6.13. The number of carbonyl (C=O) groups excluding carboxylic acids is 2. The minimum absolute atomic E-state index is 0.0555. The number of amides is 2. The molecule has 0 aliphatic heterocycles. The monoisotopic (exact) mass is 449 g/mol. The lowest BCUT2D eigenvalue weighted by Crippen LogP contribution is -2.34. The number of rotatable bonds is 6. The highest BCUT2D eigenvalue weighted by molar-refractivity contribution is 9.10. The van der Waals surface area contributed by atoms with Gasteiger partial charge in [0.25, 0.3) is 5.91 Å². The number of halogens is 1. The number of thiocarbonyl (C=S) groups is 1. The third-order valence-corrected chi connectivity index (χ3v) is 4.40. The molecule has 6 nitrogen and oxygen atoms in total. The molecule has 0 saturated carbocycles. The molecular weight excluding hydrogens is 430 g/mol. The van der Waals surface area contributed by atoms with Crippen molar-refractivity contribution in [3.05, 3.63) is 58.1 Å². The number of likely N-dealkylation sites (N-methyl/N-ethyl adjacent to an activating group) is 1. The molecule has 142 valence electrons. The van der Waals surface area contributed by atoms with Gasteiger partial charge < -0.3 is 15.4 Å². The molecule has 0 heterocycles. The summed E-state index contributed by atoms with van der Waals surface area (Å²) in [6.45, 7) is 2.43. The first kappa shape index (κ1) is 20.9. The third-order valence-electron chi connectivity index (χ3n) is 3.58. The van der Waals surface area contributed by atoms with Gasteiger partial charge in [-0.05, 0) is 71.0 Å². The van der Waals surface area contributed by atoms with Gasteiger partial charge >= 0.3 is 0 Å². The van der Waals surface area contributed by atoms with E-state index >= 15 is 0 Å². The smallest absolute Gasteiger partial charge is 0.257 e. The fraction of sp³-hybridized carbons (Fsp3) is 0.211. The summed E-state index contributed by atoms with van der Waals surface area (Å²) in [6.07, 6.45) is 0.310. The van der Waals surface area contributed by atoms with Crippen LogP contribution in [0.15, 0.2) is 46.9 Å². The van der Waals surface area contributed by atoms with Crippen LogP contribution in [0.2, 0.25) is 0 Å². The molecule has 0 radical (unpaired) electrons. The Balaban J connectivity index is 1.94. The first-order valence-electron chi connectivity index (χ1n) is 8.27. The Morgan fingerprint density at radius 1 is 1.15 bits per heavy atom. The molecule has 8 heteroatoms. The van der Waals surface area contributed by atoms with Crippen molar-refractivity contribution < 1.29 is 14.3 Å². The number of benzene rings is 2. The van der Waals surface area contributed by atoms with E-state index in [0.29, 0.717) is 34.5 Å². The Morgan fingerprint density at radius 3 is 2.44 bits per heavy atom. The fourth-order valence-corrected chi connectivity index (χ4v) is 2.94. The standard InChI is InChI=1S/C19H20BrN3O3S/c1-3-26-16-9-6-13(11-15(16)20)18(25)23-19(27)22-14-7-4-12(5-8-14)10-17(24)21-2/h4-9,11H,3,10H2,1-2H3,(H,21,24)(H2,22,23,25,27). The second-order valence-electron chi connectivity index (χ2n) is 5.53. The molecule has 0 aliphatic carbocycles. The molecule has 2 rings (SSSR count). The molecule has 0 aromatic heterocycles. The summed E-state index contributed by atoms with van der Waals surface area (Å²) in [5, 5.41) is 8.34. The van der Waals surface area contributed by atoms with Gasteiger partial charge in [-0.2, -0.15) is 0 Å². The van der Waals surface area contributed by atoms with Crippen LogP contribution in [0.1, 0.15) is 22.8 Å². The second kappa shape index (κ2) is 10.0. The Labute approximate surface area is 171 Å². The average Bonchev–Trinajstić information content (AvgIpc) is 2.64. The molecule has 0 unspecified atom stereocenters. The molecule has 0 saturated heterocycles. The molecule has 0 fully saturated rings. The van der Waals surface area contributed by atoms with Gasteiger partial charge in [0.2, 0.25) is 5.91 Å². The van der Waals surface area contributed by atoms with E-state index < -0.39 is 0 Å². The topological polar surface area (TPSA) is 79.5 Å². The summed E-state index contributed by atoms with van der Waals surface area (Å²) in [5.41, 5.74) is 2.05. The zero-order valence-corrected chi connectivity index (χ0v) is 17.4. The highest BCUT2D eigenvalue weighted by atomic mass is 79.9. The van der Waals surface area contributed by atoms with E-state index in [1.165, 1.54) is 0 Å². The maximum Gasteiger partial charge on any atom is 0.257 e. The largest absolute Gasteiger partial charge is 0.493 e. The van der Waals surface area contributed by atoms with Gasteiger partial charge in [0.15, 0.2) is 5.11 Å². The van der Waals surface area contributed by atoms with Crippen LogP contribution in [0.5, 0.6) is 5.75 Å². The van der Waals surface area contributed by atoms with Gasteiger partial charge in [0, 0.05) is 18.3 Å². The van der Waals surface area contributed by atoms with Crippen LogP contribution < -0.4 is 20.7 Å². The molecule has 2 amide bonds. The Kier molecular flexibility index (Phi) is 7.75. The molecule has 27 heavy (non-hydrogen) atoms. The molecule has 0 bridgehead atoms. The van der Waals surface area contributed by atoms with Crippen LogP contribution in [0.25, 0.3) is 0 Å². The molecule has 0 aliphatic rings. The van der Waals surface area contributed by atoms with Crippen molar-refractivity contribution in [1.29, 1.82) is 0 Å². The van der Waals surface area contributed by atoms with E-state index in [1.807, 2.05) is 19.1 Å². The van der Waals surface area contributed by atoms with Crippen LogP contribution >= 0.6 is 28.1 Å². The van der Waals surface area contributed by atoms with Crippen LogP contribution in [-0.4, -0.2) is 30.6 Å². The van der Waals surface area contributed by atoms with Crippen LogP contribution in [0, 0.1) is 0 Å². The normalized spacial score (nSPS) is 10.0. The van der Waals surface area contributed by atoms with Gasteiger partial charge in [-0.3, -0.25) is 14.9 Å². The highest BCUT2D eigenvalue weighted by Crippen LogP contribution is 2.26. The predicted molar refractivity (Wildman–Crippen MR) is 113 cm³/mol. The van der Waals surface area contributed by atoms with E-state index in [9.17, 15) is 9.59 Å². The lowest BCUT2D eigenvalue weighted by molar-refractivity contribution is -0.119. The maximum absolute atomic E-state index is 12.3. The summed E-state index contributed by atoms with van der Waals surface area (Å²) in [4.78, 5) is 23.7. The van der Waals surface area contributed by atoms with Crippen molar-refractivity contribution in [1.82, 2.24) is 10.6 Å². The first-order chi connectivity index (χ1) is 12.9. The number of anilines is 1. The van der Waals surface area contributed by atoms with Gasteiger partial charge in [-0.15, -0.1) is 0 Å². The SMILES string of the molecule is CCOc1ccc(C(=O)NC(=S)Nc2ccc(CC(=O)NC)cc2)cc1Br. The number of nitrogens with one attached hydrogen (secondary N) is 3. The van der Waals surface area contributed by atoms with Crippen molar-refractivity contribution in [2.75, 3.05) is 19.0 Å². The van der Waals surface area contributed by atoms with Crippen LogP contribution in [-0.2, 0) is 11.2 Å². The molecule has 0 atom stereocenters. The lowest BCUT2D eigenvalue weighted by Gasteiger charge is -2.11. The Hall–Kier alpha value is -2.45. The second-order valence-corrected chi connectivity index (χ2v) is 6.80. The van der Waals surface area contributed by atoms with Crippen LogP contribution in [0.4, 0.5) is 5.69 Å². The van der Waals surface area contributed by atoms with Crippen molar-refractivity contribution in [2.45, 2.75) is 13.3 Å². The molecule has 2 aromatic rings. The Morgan fingerprint density at radius 2 is 1.85 bits per heavy atom. The van der Waals surface area contributed by atoms with E-state index in [2.05, 4.69) is 31.9 Å². The molecular formula is C19H20BrN3O3S. The van der Waals surface area contributed by atoms with Crippen molar-refractivity contribution in [2.24, 2.45) is 0 Å². The average molecular weight is 450 g/mol. The third kappa shape index (κ3) is 6.33. The van der Waals surface area contributed by atoms with Gasteiger partial charge in [-0.25, -0.2) is 0 Å². The minimum atomic E-state index is -0.326.